The van der Waals surface area contributed by atoms with Gasteiger partial charge in [0.1, 0.15) is 0 Å². The minimum atomic E-state index is 0.0205. The molecule has 20 heavy (non-hydrogen) atoms. The van der Waals surface area contributed by atoms with Gasteiger partial charge in [-0.3, -0.25) is 4.68 Å². The van der Waals surface area contributed by atoms with Crippen LogP contribution in [0.4, 0.5) is 0 Å². The monoisotopic (exact) mass is 268 g/mol. The number of hydrogen-bond acceptors (Lipinski definition) is 2. The van der Waals surface area contributed by atoms with Crippen molar-refractivity contribution in [2.24, 2.45) is 0 Å². The predicted molar refractivity (Wildman–Crippen MR) is 83.6 cm³/mol. The Bertz CT molecular complexity index is 650. The first-order valence-corrected chi connectivity index (χ1v) is 6.83. The Morgan fingerprint density at radius 1 is 1.40 bits per heavy atom. The summed E-state index contributed by atoms with van der Waals surface area (Å²) in [5.74, 6) is 0. The SMILES string of the molecule is C=C/C=C(\C=C/Cc1nn(CC)c2ccccc12)CO. The molecule has 0 spiro atoms. The molecule has 0 saturated carbocycles. The molecule has 1 N–H and O–H groups in total. The highest BCUT2D eigenvalue weighted by Gasteiger charge is 2.07. The molecule has 2 rings (SSSR count). The lowest BCUT2D eigenvalue weighted by Crippen LogP contribution is -1.96. The highest BCUT2D eigenvalue weighted by molar-refractivity contribution is 5.82. The summed E-state index contributed by atoms with van der Waals surface area (Å²) in [6, 6.07) is 8.26. The molecular formula is C17H20N2O. The topological polar surface area (TPSA) is 38.0 Å². The summed E-state index contributed by atoms with van der Waals surface area (Å²) in [6.07, 6.45) is 8.18. The zero-order valence-corrected chi connectivity index (χ0v) is 11.8. The summed E-state index contributed by atoms with van der Waals surface area (Å²) in [5, 5.41) is 15.0. The lowest BCUT2D eigenvalue weighted by molar-refractivity contribution is 0.335. The van der Waals surface area contributed by atoms with Crippen LogP contribution in [0.2, 0.25) is 0 Å². The van der Waals surface area contributed by atoms with E-state index >= 15 is 0 Å². The molecule has 3 nitrogen and oxygen atoms in total. The second-order valence-corrected chi connectivity index (χ2v) is 4.52. The summed E-state index contributed by atoms with van der Waals surface area (Å²) >= 11 is 0. The number of fused-ring (bicyclic) bond motifs is 1. The molecule has 1 aromatic carbocycles. The van der Waals surface area contributed by atoms with Gasteiger partial charge in [0, 0.05) is 18.4 Å². The Morgan fingerprint density at radius 3 is 2.90 bits per heavy atom. The van der Waals surface area contributed by atoms with Gasteiger partial charge in [-0.15, -0.1) is 0 Å². The van der Waals surface area contributed by atoms with Gasteiger partial charge in [-0.2, -0.15) is 5.10 Å². The van der Waals surface area contributed by atoms with Crippen molar-refractivity contribution in [1.82, 2.24) is 9.78 Å². The molecule has 1 aromatic heterocycles. The van der Waals surface area contributed by atoms with Gasteiger partial charge in [-0.25, -0.2) is 0 Å². The zero-order valence-electron chi connectivity index (χ0n) is 11.8. The van der Waals surface area contributed by atoms with Crippen LogP contribution in [0.1, 0.15) is 12.6 Å². The average Bonchev–Trinajstić information content (AvgIpc) is 2.85. The minimum Gasteiger partial charge on any atom is -0.392 e. The lowest BCUT2D eigenvalue weighted by atomic mass is 10.1. The van der Waals surface area contributed by atoms with Gasteiger partial charge in [0.15, 0.2) is 0 Å². The fourth-order valence-electron chi connectivity index (χ4n) is 2.22. The molecular weight excluding hydrogens is 248 g/mol. The van der Waals surface area contributed by atoms with E-state index < -0.39 is 0 Å². The molecule has 0 aliphatic carbocycles. The maximum atomic E-state index is 9.18. The van der Waals surface area contributed by atoms with Gasteiger partial charge in [0.05, 0.1) is 17.8 Å². The Kier molecular flexibility index (Phi) is 4.91. The summed E-state index contributed by atoms with van der Waals surface area (Å²) in [7, 11) is 0. The number of aliphatic hydroxyl groups is 1. The third-order valence-corrected chi connectivity index (χ3v) is 3.19. The van der Waals surface area contributed by atoms with E-state index in [4.69, 9.17) is 0 Å². The van der Waals surface area contributed by atoms with E-state index in [0.29, 0.717) is 0 Å². The number of nitrogens with zero attached hydrogens (tertiary/aromatic N) is 2. The van der Waals surface area contributed by atoms with Crippen molar-refractivity contribution >= 4 is 10.9 Å². The van der Waals surface area contributed by atoms with Gasteiger partial charge in [-0.05, 0) is 18.6 Å². The third-order valence-electron chi connectivity index (χ3n) is 3.19. The van der Waals surface area contributed by atoms with Crippen molar-refractivity contribution in [3.8, 4) is 0 Å². The van der Waals surface area contributed by atoms with Crippen LogP contribution in [0.5, 0.6) is 0 Å². The largest absolute Gasteiger partial charge is 0.392 e. The molecule has 0 aliphatic heterocycles. The van der Waals surface area contributed by atoms with Crippen LogP contribution in [0.15, 0.2) is 60.7 Å². The smallest absolute Gasteiger partial charge is 0.0741 e. The first-order chi connectivity index (χ1) is 9.80. The highest BCUT2D eigenvalue weighted by atomic mass is 16.3. The number of rotatable bonds is 6. The van der Waals surface area contributed by atoms with Crippen molar-refractivity contribution in [2.75, 3.05) is 6.61 Å². The van der Waals surface area contributed by atoms with Gasteiger partial charge < -0.3 is 5.11 Å². The van der Waals surface area contributed by atoms with E-state index in [9.17, 15) is 5.11 Å². The standard InChI is InChI=1S/C17H20N2O/c1-3-8-14(13-20)9-7-11-16-15-10-5-6-12-17(15)19(4-2)18-16/h3,5-10,12,20H,1,4,11,13H2,2H3/b9-7-,14-8+. The fraction of sp³-hybridized carbons (Fsp3) is 0.235. The lowest BCUT2D eigenvalue weighted by Gasteiger charge is -1.95. The molecule has 2 aromatic rings. The van der Waals surface area contributed by atoms with Gasteiger partial charge in [0.2, 0.25) is 0 Å². The molecule has 104 valence electrons. The Morgan fingerprint density at radius 2 is 2.20 bits per heavy atom. The predicted octanol–water partition coefficient (Wildman–Crippen LogP) is 3.26. The van der Waals surface area contributed by atoms with Crippen LogP contribution in [-0.4, -0.2) is 21.5 Å². The summed E-state index contributed by atoms with van der Waals surface area (Å²) < 4.78 is 2.02. The number of aromatic nitrogens is 2. The number of allylic oxidation sites excluding steroid dienone is 3. The molecule has 0 aliphatic rings. The molecule has 0 fully saturated rings. The Hall–Kier alpha value is -2.13. The second kappa shape index (κ2) is 6.87. The van der Waals surface area contributed by atoms with E-state index in [2.05, 4.69) is 30.7 Å². The maximum Gasteiger partial charge on any atom is 0.0741 e. The Labute approximate surface area is 119 Å². The van der Waals surface area contributed by atoms with Crippen molar-refractivity contribution < 1.29 is 5.11 Å². The van der Waals surface area contributed by atoms with Crippen molar-refractivity contribution in [2.45, 2.75) is 19.9 Å². The number of aryl methyl sites for hydroxylation is 1. The first kappa shape index (κ1) is 14.3. The van der Waals surface area contributed by atoms with Gasteiger partial charge in [-0.1, -0.05) is 49.1 Å². The summed E-state index contributed by atoms with van der Waals surface area (Å²) in [4.78, 5) is 0. The molecule has 0 unspecified atom stereocenters. The molecule has 3 heteroatoms. The van der Waals surface area contributed by atoms with Crippen LogP contribution in [0.25, 0.3) is 10.9 Å². The fourth-order valence-corrected chi connectivity index (χ4v) is 2.22. The van der Waals surface area contributed by atoms with Crippen LogP contribution in [0.3, 0.4) is 0 Å². The molecule has 0 saturated heterocycles. The minimum absolute atomic E-state index is 0.0205. The van der Waals surface area contributed by atoms with Crippen molar-refractivity contribution in [3.63, 3.8) is 0 Å². The van der Waals surface area contributed by atoms with Crippen LogP contribution < -0.4 is 0 Å². The molecule has 0 radical (unpaired) electrons. The van der Waals surface area contributed by atoms with E-state index in [1.54, 1.807) is 12.2 Å². The van der Waals surface area contributed by atoms with Crippen LogP contribution in [0, 0.1) is 0 Å². The maximum absolute atomic E-state index is 9.18. The Balaban J connectivity index is 2.24. The van der Waals surface area contributed by atoms with Crippen molar-refractivity contribution in [1.29, 1.82) is 0 Å². The van der Waals surface area contributed by atoms with Gasteiger partial charge in [0.25, 0.3) is 0 Å². The number of benzene rings is 1. The summed E-state index contributed by atoms with van der Waals surface area (Å²) in [5.41, 5.74) is 3.08. The van der Waals surface area contributed by atoms with Crippen LogP contribution >= 0.6 is 0 Å². The number of para-hydroxylation sites is 1. The number of hydrogen-bond donors (Lipinski definition) is 1. The second-order valence-electron chi connectivity index (χ2n) is 4.52. The summed E-state index contributed by atoms with van der Waals surface area (Å²) in [6.45, 7) is 6.61. The molecule has 0 bridgehead atoms. The van der Waals surface area contributed by atoms with Crippen LogP contribution in [-0.2, 0) is 13.0 Å². The average molecular weight is 268 g/mol. The highest BCUT2D eigenvalue weighted by Crippen LogP contribution is 2.19. The normalized spacial score (nSPS) is 12.4. The first-order valence-electron chi connectivity index (χ1n) is 6.83. The van der Waals surface area contributed by atoms with Crippen molar-refractivity contribution in [3.05, 3.63) is 66.4 Å². The quantitative estimate of drug-likeness (QED) is 0.817. The molecule has 0 amide bonds. The third kappa shape index (κ3) is 3.06. The molecule has 1 heterocycles. The van der Waals surface area contributed by atoms with E-state index in [0.717, 1.165) is 24.2 Å². The van der Waals surface area contributed by atoms with E-state index in [1.165, 1.54) is 10.9 Å². The van der Waals surface area contributed by atoms with E-state index in [1.807, 2.05) is 29.0 Å². The zero-order chi connectivity index (χ0) is 14.4. The van der Waals surface area contributed by atoms with Gasteiger partial charge >= 0.3 is 0 Å². The van der Waals surface area contributed by atoms with E-state index in [-0.39, 0.29) is 6.61 Å². The number of aliphatic hydroxyl groups excluding tert-OH is 1. The molecule has 0 atom stereocenters.